The lowest BCUT2D eigenvalue weighted by Gasteiger charge is -2.13. The van der Waals surface area contributed by atoms with E-state index in [1.807, 2.05) is 42.5 Å². The van der Waals surface area contributed by atoms with E-state index >= 15 is 0 Å². The quantitative estimate of drug-likeness (QED) is 0.415. The molecule has 1 amide bonds. The second kappa shape index (κ2) is 11.5. The molecular weight excluding hydrogens is 414 g/mol. The van der Waals surface area contributed by atoms with Crippen molar-refractivity contribution in [3.8, 4) is 5.75 Å². The van der Waals surface area contributed by atoms with Gasteiger partial charge in [-0.3, -0.25) is 4.79 Å². The van der Waals surface area contributed by atoms with Crippen molar-refractivity contribution in [2.45, 2.75) is 44.8 Å². The Morgan fingerprint density at radius 1 is 1.13 bits per heavy atom. The summed E-state index contributed by atoms with van der Waals surface area (Å²) in [5.41, 5.74) is 7.79. The first-order valence-electron chi connectivity index (χ1n) is 10.5. The highest BCUT2D eigenvalue weighted by molar-refractivity contribution is 6.30. The van der Waals surface area contributed by atoms with E-state index in [9.17, 15) is 9.90 Å². The monoisotopic (exact) mass is 441 g/mol. The lowest BCUT2D eigenvalue weighted by atomic mass is 10.0. The second-order valence-corrected chi connectivity index (χ2v) is 7.99. The zero-order valence-corrected chi connectivity index (χ0v) is 18.2. The van der Waals surface area contributed by atoms with E-state index in [-0.39, 0.29) is 5.69 Å². The first-order chi connectivity index (χ1) is 15.0. The minimum absolute atomic E-state index is 0.203. The topological polar surface area (TPSA) is 90.4 Å². The molecule has 2 aromatic carbocycles. The highest BCUT2D eigenvalue weighted by Gasteiger charge is 2.10. The van der Waals surface area contributed by atoms with Crippen LogP contribution in [0.25, 0.3) is 0 Å². The van der Waals surface area contributed by atoms with E-state index in [0.717, 1.165) is 42.0 Å². The molecule has 3 N–H and O–H groups in total. The van der Waals surface area contributed by atoms with Crippen molar-refractivity contribution in [2.24, 2.45) is 5.73 Å². The van der Waals surface area contributed by atoms with Crippen LogP contribution < -0.4 is 10.5 Å². The Morgan fingerprint density at radius 2 is 1.90 bits per heavy atom. The van der Waals surface area contributed by atoms with Gasteiger partial charge in [-0.25, -0.2) is 4.98 Å². The van der Waals surface area contributed by atoms with Gasteiger partial charge in [-0.2, -0.15) is 0 Å². The van der Waals surface area contributed by atoms with Crippen LogP contribution in [0.15, 0.2) is 61.1 Å². The Balaban J connectivity index is 1.41. The zero-order valence-electron chi connectivity index (χ0n) is 17.4. The number of ether oxygens (including phenoxy) is 1. The fourth-order valence-corrected chi connectivity index (χ4v) is 3.54. The molecule has 1 atom stereocenters. The van der Waals surface area contributed by atoms with Crippen molar-refractivity contribution in [3.63, 3.8) is 0 Å². The van der Waals surface area contributed by atoms with Crippen LogP contribution in [0.3, 0.4) is 0 Å². The van der Waals surface area contributed by atoms with Gasteiger partial charge in [-0.05, 0) is 61.4 Å². The van der Waals surface area contributed by atoms with Gasteiger partial charge in [0.15, 0.2) is 0 Å². The molecule has 3 aromatic rings. The normalized spacial score (nSPS) is 11.9. The number of aryl methyl sites for hydroxylation is 2. The molecule has 0 unspecified atom stereocenters. The Hall–Kier alpha value is -2.83. The zero-order chi connectivity index (χ0) is 22.1. The van der Waals surface area contributed by atoms with Crippen LogP contribution in [0.1, 0.15) is 40.9 Å². The number of carbonyl (C=O) groups is 1. The summed E-state index contributed by atoms with van der Waals surface area (Å²) in [5, 5.41) is 11.0. The molecule has 1 aromatic heterocycles. The van der Waals surface area contributed by atoms with Gasteiger partial charge in [0.25, 0.3) is 5.91 Å². The van der Waals surface area contributed by atoms with Gasteiger partial charge in [-0.15, -0.1) is 0 Å². The van der Waals surface area contributed by atoms with Crippen LogP contribution in [-0.2, 0) is 19.4 Å². The highest BCUT2D eigenvalue weighted by atomic mass is 35.5. The van der Waals surface area contributed by atoms with Crippen LogP contribution in [-0.4, -0.2) is 33.3 Å². The molecule has 0 aliphatic carbocycles. The minimum atomic E-state index is -0.571. The summed E-state index contributed by atoms with van der Waals surface area (Å²) in [6, 6.07) is 15.9. The molecular formula is C24H28ClN3O3. The maximum Gasteiger partial charge on any atom is 0.268 e. The predicted octanol–water partition coefficient (Wildman–Crippen LogP) is 4.03. The summed E-state index contributed by atoms with van der Waals surface area (Å²) in [4.78, 5) is 15.0. The highest BCUT2D eigenvalue weighted by Crippen LogP contribution is 2.21. The number of primary amides is 1. The number of imidazole rings is 1. The minimum Gasteiger partial charge on any atom is -0.493 e. The first-order valence-corrected chi connectivity index (χ1v) is 10.8. The van der Waals surface area contributed by atoms with E-state index in [0.29, 0.717) is 19.6 Å². The van der Waals surface area contributed by atoms with Crippen LogP contribution >= 0.6 is 11.6 Å². The summed E-state index contributed by atoms with van der Waals surface area (Å²) in [6.07, 6.45) is 6.68. The number of aliphatic hydroxyl groups excluding tert-OH is 1. The number of aliphatic hydroxyl groups is 1. The fourth-order valence-electron chi connectivity index (χ4n) is 3.41. The average Bonchev–Trinajstić information content (AvgIpc) is 3.22. The van der Waals surface area contributed by atoms with Crippen LogP contribution in [0, 0.1) is 0 Å². The molecule has 0 saturated carbocycles. The van der Waals surface area contributed by atoms with Gasteiger partial charge in [0.2, 0.25) is 0 Å². The third-order valence-electron chi connectivity index (χ3n) is 5.04. The average molecular weight is 442 g/mol. The Labute approximate surface area is 187 Å². The molecule has 0 radical (unpaired) electrons. The number of carbonyl (C=O) groups excluding carboxylic acids is 1. The number of benzene rings is 2. The van der Waals surface area contributed by atoms with Gasteiger partial charge in [0, 0.05) is 17.8 Å². The van der Waals surface area contributed by atoms with Crippen molar-refractivity contribution in [1.82, 2.24) is 9.55 Å². The molecule has 164 valence electrons. The van der Waals surface area contributed by atoms with Crippen molar-refractivity contribution in [2.75, 3.05) is 6.61 Å². The second-order valence-electron chi connectivity index (χ2n) is 7.55. The number of rotatable bonds is 12. The maximum absolute atomic E-state index is 11.1. The molecule has 6 nitrogen and oxygen atoms in total. The molecule has 7 heteroatoms. The fraction of sp³-hybridized carbons (Fsp3) is 0.333. The number of hydrogen-bond donors (Lipinski definition) is 2. The number of nitrogens with two attached hydrogens (primary N) is 1. The van der Waals surface area contributed by atoms with E-state index in [4.69, 9.17) is 22.1 Å². The van der Waals surface area contributed by atoms with Crippen molar-refractivity contribution < 1.29 is 14.6 Å². The summed E-state index contributed by atoms with van der Waals surface area (Å²) in [5.74, 6) is 0.326. The summed E-state index contributed by atoms with van der Waals surface area (Å²) in [7, 11) is 0. The van der Waals surface area contributed by atoms with Crippen molar-refractivity contribution in [1.29, 1.82) is 0 Å². The predicted molar refractivity (Wildman–Crippen MR) is 121 cm³/mol. The standard InChI is InChI=1S/C24H28ClN3O3/c25-20-12-10-18(11-13-20)5-4-14-31-23-9-2-1-6-19(23)7-3-8-21(29)15-28-16-22(24(26)30)27-17-28/h1-2,6,9-13,16-17,21,29H,3-5,7-8,14-15H2,(H2,26,30)/t21-/m0/s1. The van der Waals surface area contributed by atoms with E-state index in [2.05, 4.69) is 11.1 Å². The SMILES string of the molecule is NC(=O)c1cn(C[C@@H](O)CCCc2ccccc2OCCCc2ccc(Cl)cc2)cn1. The number of para-hydroxylation sites is 1. The molecule has 0 bridgehead atoms. The summed E-state index contributed by atoms with van der Waals surface area (Å²) < 4.78 is 7.70. The van der Waals surface area contributed by atoms with Gasteiger partial charge in [0.1, 0.15) is 11.4 Å². The first kappa shape index (κ1) is 22.8. The number of nitrogens with zero attached hydrogens (tertiary/aromatic N) is 2. The molecule has 0 aliphatic heterocycles. The molecule has 1 heterocycles. The summed E-state index contributed by atoms with van der Waals surface area (Å²) in [6.45, 7) is 1.02. The van der Waals surface area contributed by atoms with Gasteiger partial charge >= 0.3 is 0 Å². The molecule has 0 saturated heterocycles. The van der Waals surface area contributed by atoms with Crippen molar-refractivity contribution in [3.05, 3.63) is 82.9 Å². The number of amides is 1. The number of hydrogen-bond acceptors (Lipinski definition) is 4. The van der Waals surface area contributed by atoms with Crippen LogP contribution in [0.2, 0.25) is 5.02 Å². The number of aromatic nitrogens is 2. The van der Waals surface area contributed by atoms with E-state index in [1.165, 1.54) is 11.9 Å². The molecule has 3 rings (SSSR count). The lowest BCUT2D eigenvalue weighted by molar-refractivity contribution is 0.0995. The molecule has 0 aliphatic rings. The smallest absolute Gasteiger partial charge is 0.268 e. The Bertz CT molecular complexity index is 972. The van der Waals surface area contributed by atoms with Crippen LogP contribution in [0.5, 0.6) is 5.75 Å². The third kappa shape index (κ3) is 7.42. The Morgan fingerprint density at radius 3 is 2.65 bits per heavy atom. The molecule has 0 spiro atoms. The van der Waals surface area contributed by atoms with Crippen LogP contribution in [0.4, 0.5) is 0 Å². The molecule has 0 fully saturated rings. The van der Waals surface area contributed by atoms with Gasteiger partial charge in [0.05, 0.1) is 19.0 Å². The van der Waals surface area contributed by atoms with Gasteiger partial charge < -0.3 is 20.1 Å². The van der Waals surface area contributed by atoms with Crippen molar-refractivity contribution >= 4 is 17.5 Å². The largest absolute Gasteiger partial charge is 0.493 e. The molecule has 31 heavy (non-hydrogen) atoms. The maximum atomic E-state index is 11.1. The lowest BCUT2D eigenvalue weighted by Crippen LogP contribution is -2.15. The van der Waals surface area contributed by atoms with E-state index < -0.39 is 12.0 Å². The van der Waals surface area contributed by atoms with Gasteiger partial charge in [-0.1, -0.05) is 41.9 Å². The summed E-state index contributed by atoms with van der Waals surface area (Å²) >= 11 is 5.92. The Kier molecular flexibility index (Phi) is 8.50. The number of halogens is 1. The van der Waals surface area contributed by atoms with E-state index in [1.54, 1.807) is 10.8 Å². The third-order valence-corrected chi connectivity index (χ3v) is 5.30.